The second-order valence-corrected chi connectivity index (χ2v) is 12.2. The van der Waals surface area contributed by atoms with Gasteiger partial charge in [-0.15, -0.1) is 11.3 Å². The van der Waals surface area contributed by atoms with Crippen LogP contribution >= 0.6 is 11.3 Å². The largest absolute Gasteiger partial charge is 0.469 e. The van der Waals surface area contributed by atoms with E-state index in [4.69, 9.17) is 9.15 Å². The number of likely N-dealkylation sites (tertiary alicyclic amines) is 1. The second kappa shape index (κ2) is 11.8. The quantitative estimate of drug-likeness (QED) is 0.234. The Morgan fingerprint density at radius 1 is 1.19 bits per heavy atom. The van der Waals surface area contributed by atoms with Crippen LogP contribution in [-0.4, -0.2) is 46.4 Å². The Hall–Kier alpha value is -3.86. The van der Waals surface area contributed by atoms with Crippen molar-refractivity contribution < 1.29 is 27.5 Å². The summed E-state index contributed by atoms with van der Waals surface area (Å²) in [6.45, 7) is 2.36. The molecule has 4 aromatic rings. The van der Waals surface area contributed by atoms with Crippen LogP contribution in [0.2, 0.25) is 0 Å². The molecular formula is C31H32F2N4O4S. The van der Waals surface area contributed by atoms with E-state index in [9.17, 15) is 14.0 Å². The summed E-state index contributed by atoms with van der Waals surface area (Å²) in [5.41, 5.74) is 1.76. The number of anilines is 2. The van der Waals surface area contributed by atoms with Gasteiger partial charge in [0.25, 0.3) is 6.01 Å². The van der Waals surface area contributed by atoms with Gasteiger partial charge >= 0.3 is 5.97 Å². The van der Waals surface area contributed by atoms with Crippen molar-refractivity contribution in [3.8, 4) is 0 Å². The number of methoxy groups -OCH3 is 1. The lowest BCUT2D eigenvalue weighted by molar-refractivity contribution is -0.140. The van der Waals surface area contributed by atoms with Crippen molar-refractivity contribution in [2.75, 3.05) is 19.0 Å². The van der Waals surface area contributed by atoms with Crippen LogP contribution in [0.3, 0.4) is 0 Å². The minimum Gasteiger partial charge on any atom is -0.469 e. The molecule has 0 bridgehead atoms. The number of esters is 1. The van der Waals surface area contributed by atoms with E-state index in [1.165, 1.54) is 19.2 Å². The molecular weight excluding hydrogens is 562 g/mol. The molecule has 3 unspecified atom stereocenters. The standard InChI is InChI=1S/C31H32F2N4O4S/c1-17-7-9-19(32)14-24(17)36-31-35-23-11-8-18(28(33)29(23)41-31)13-26(38)37-16-22(21-5-3-4-6-25(21)37)30-34-15-20(42-30)10-12-27(39)40-2/h7-9,11,14-15,21-22,25H,3-6,10,12-13,16H2,1-2H3,(H,35,36). The summed E-state index contributed by atoms with van der Waals surface area (Å²) >= 11 is 1.60. The third-order valence-electron chi connectivity index (χ3n) is 8.46. The topological polar surface area (TPSA) is 97.6 Å². The fourth-order valence-corrected chi connectivity index (χ4v) is 7.35. The van der Waals surface area contributed by atoms with E-state index in [2.05, 4.69) is 15.3 Å². The van der Waals surface area contributed by atoms with Crippen LogP contribution in [-0.2, 0) is 27.2 Å². The number of thiazole rings is 1. The van der Waals surface area contributed by atoms with Gasteiger partial charge in [-0.3, -0.25) is 9.59 Å². The molecule has 2 aliphatic rings. The number of nitrogens with zero attached hydrogens (tertiary/aromatic N) is 3. The number of hydrogen-bond donors (Lipinski definition) is 1. The molecule has 6 rings (SSSR count). The normalized spacial score (nSPS) is 20.1. The minimum absolute atomic E-state index is 0.0444. The number of carbonyl (C=O) groups excluding carboxylic acids is 2. The first-order chi connectivity index (χ1) is 20.3. The van der Waals surface area contributed by atoms with E-state index in [-0.39, 0.29) is 47.4 Å². The van der Waals surface area contributed by atoms with Crippen LogP contribution in [0.1, 0.15) is 59.0 Å². The molecule has 2 fully saturated rings. The summed E-state index contributed by atoms with van der Waals surface area (Å²) in [7, 11) is 1.38. The summed E-state index contributed by atoms with van der Waals surface area (Å²) in [4.78, 5) is 37.2. The van der Waals surface area contributed by atoms with Gasteiger partial charge in [-0.1, -0.05) is 25.0 Å². The van der Waals surface area contributed by atoms with Gasteiger partial charge < -0.3 is 19.4 Å². The van der Waals surface area contributed by atoms with Gasteiger partial charge in [-0.05, 0) is 55.9 Å². The molecule has 1 amide bonds. The number of carbonyl (C=O) groups is 2. The molecule has 1 aliphatic heterocycles. The summed E-state index contributed by atoms with van der Waals surface area (Å²) < 4.78 is 39.7. The maximum absolute atomic E-state index is 15.6. The number of oxazole rings is 1. The van der Waals surface area contributed by atoms with Gasteiger partial charge in [-0.2, -0.15) is 4.98 Å². The van der Waals surface area contributed by atoms with E-state index in [1.807, 2.05) is 18.0 Å². The molecule has 8 nitrogen and oxygen atoms in total. The number of amides is 1. The maximum Gasteiger partial charge on any atom is 0.305 e. The lowest BCUT2D eigenvalue weighted by atomic mass is 9.80. The predicted octanol–water partition coefficient (Wildman–Crippen LogP) is 6.45. The molecule has 0 radical (unpaired) electrons. The van der Waals surface area contributed by atoms with Gasteiger partial charge in [0, 0.05) is 40.8 Å². The molecule has 42 heavy (non-hydrogen) atoms. The van der Waals surface area contributed by atoms with Crippen LogP contribution in [0.25, 0.3) is 11.1 Å². The molecule has 1 aliphatic carbocycles. The first kappa shape index (κ1) is 28.3. The second-order valence-electron chi connectivity index (χ2n) is 11.1. The molecule has 1 N–H and O–H groups in total. The molecule has 11 heteroatoms. The summed E-state index contributed by atoms with van der Waals surface area (Å²) in [5, 5.41) is 3.91. The zero-order valence-corrected chi connectivity index (χ0v) is 24.3. The highest BCUT2D eigenvalue weighted by Gasteiger charge is 2.46. The zero-order valence-electron chi connectivity index (χ0n) is 23.5. The van der Waals surface area contributed by atoms with Crippen LogP contribution < -0.4 is 5.32 Å². The van der Waals surface area contributed by atoms with E-state index >= 15 is 4.39 Å². The number of aromatic nitrogens is 2. The van der Waals surface area contributed by atoms with Gasteiger partial charge in [0.15, 0.2) is 11.4 Å². The number of rotatable bonds is 8. The van der Waals surface area contributed by atoms with Gasteiger partial charge in [0.05, 0.1) is 25.0 Å². The Kier molecular flexibility index (Phi) is 7.94. The molecule has 220 valence electrons. The van der Waals surface area contributed by atoms with Crippen molar-refractivity contribution in [2.45, 2.75) is 63.8 Å². The van der Waals surface area contributed by atoms with Crippen molar-refractivity contribution in [3.63, 3.8) is 0 Å². The summed E-state index contributed by atoms with van der Waals surface area (Å²) in [5.74, 6) is -0.974. The number of aryl methyl sites for hydroxylation is 2. The molecule has 3 heterocycles. The predicted molar refractivity (Wildman–Crippen MR) is 155 cm³/mol. The highest BCUT2D eigenvalue weighted by atomic mass is 32.1. The Morgan fingerprint density at radius 2 is 2.02 bits per heavy atom. The highest BCUT2D eigenvalue weighted by Crippen LogP contribution is 2.46. The van der Waals surface area contributed by atoms with E-state index < -0.39 is 11.6 Å². The first-order valence-electron chi connectivity index (χ1n) is 14.2. The Bertz CT molecular complexity index is 1640. The van der Waals surface area contributed by atoms with Crippen LogP contribution in [0.5, 0.6) is 0 Å². The SMILES string of the molecule is COC(=O)CCc1cnc(C2CN(C(=O)Cc3ccc4nc(Nc5cc(F)ccc5C)oc4c3F)C3CCCCC23)s1. The van der Waals surface area contributed by atoms with Gasteiger partial charge in [-0.25, -0.2) is 13.8 Å². The van der Waals surface area contributed by atoms with Crippen LogP contribution in [0.4, 0.5) is 20.5 Å². The molecule has 1 saturated heterocycles. The summed E-state index contributed by atoms with van der Waals surface area (Å²) in [6.07, 6.45) is 6.74. The number of fused-ring (bicyclic) bond motifs is 2. The Morgan fingerprint density at radius 3 is 2.86 bits per heavy atom. The maximum atomic E-state index is 15.6. The Labute approximate surface area is 246 Å². The molecule has 2 aromatic carbocycles. The van der Waals surface area contributed by atoms with Gasteiger partial charge in [0.1, 0.15) is 11.3 Å². The fraction of sp³-hybridized carbons (Fsp3) is 0.419. The number of nitrogens with one attached hydrogen (secondary N) is 1. The van der Waals surface area contributed by atoms with E-state index in [1.54, 1.807) is 29.5 Å². The van der Waals surface area contributed by atoms with E-state index in [0.717, 1.165) is 41.1 Å². The van der Waals surface area contributed by atoms with Crippen LogP contribution in [0.15, 0.2) is 40.9 Å². The van der Waals surface area contributed by atoms with E-state index in [0.29, 0.717) is 36.5 Å². The molecule has 0 spiro atoms. The number of halogens is 2. The number of ether oxygens (including phenoxy) is 1. The third kappa shape index (κ3) is 5.62. The number of hydrogen-bond acceptors (Lipinski definition) is 8. The lowest BCUT2D eigenvalue weighted by Crippen LogP contribution is -2.40. The monoisotopic (exact) mass is 594 g/mol. The van der Waals surface area contributed by atoms with Crippen LogP contribution in [0, 0.1) is 24.5 Å². The number of benzene rings is 2. The van der Waals surface area contributed by atoms with Crippen molar-refractivity contribution in [1.29, 1.82) is 0 Å². The minimum atomic E-state index is -0.622. The van der Waals surface area contributed by atoms with Crippen molar-refractivity contribution in [3.05, 3.63) is 69.2 Å². The molecule has 3 atom stereocenters. The molecule has 1 saturated carbocycles. The smallest absolute Gasteiger partial charge is 0.305 e. The average Bonchev–Trinajstić information content (AvgIpc) is 3.72. The highest BCUT2D eigenvalue weighted by molar-refractivity contribution is 7.11. The zero-order chi connectivity index (χ0) is 29.4. The van der Waals surface area contributed by atoms with Crippen molar-refractivity contribution in [2.24, 2.45) is 5.92 Å². The molecule has 2 aromatic heterocycles. The van der Waals surface area contributed by atoms with Gasteiger partial charge in [0.2, 0.25) is 5.91 Å². The first-order valence-corrected chi connectivity index (χ1v) is 15.0. The van der Waals surface area contributed by atoms with Crippen molar-refractivity contribution >= 4 is 46.0 Å². The lowest BCUT2D eigenvalue weighted by Gasteiger charge is -2.32. The fourth-order valence-electron chi connectivity index (χ4n) is 6.26. The van der Waals surface area contributed by atoms with Crippen molar-refractivity contribution in [1.82, 2.24) is 14.9 Å². The summed E-state index contributed by atoms with van der Waals surface area (Å²) in [6, 6.07) is 7.66. The Balaban J connectivity index is 1.18. The third-order valence-corrected chi connectivity index (χ3v) is 9.65. The average molecular weight is 595 g/mol.